The van der Waals surface area contributed by atoms with Gasteiger partial charge in [0.25, 0.3) is 5.91 Å². The number of nitrogens with zero attached hydrogens (tertiary/aromatic N) is 2. The Kier molecular flexibility index (Phi) is 8.74. The lowest BCUT2D eigenvalue weighted by Gasteiger charge is -2.35. The molecule has 0 aliphatic carbocycles. The number of carbonyl (C=O) groups excluding carboxylic acids is 3. The van der Waals surface area contributed by atoms with Gasteiger partial charge in [-0.05, 0) is 68.6 Å². The van der Waals surface area contributed by atoms with Crippen LogP contribution in [0.5, 0.6) is 0 Å². The highest BCUT2D eigenvalue weighted by Crippen LogP contribution is 2.31. The third-order valence-electron chi connectivity index (χ3n) is 7.88. The van der Waals surface area contributed by atoms with E-state index in [1.165, 1.54) is 5.01 Å². The van der Waals surface area contributed by atoms with E-state index in [-0.39, 0.29) is 29.1 Å². The molecule has 5 bridgehead atoms. The van der Waals surface area contributed by atoms with Crippen LogP contribution in [-0.2, 0) is 19.1 Å². The number of fused-ring (bicyclic) bond motifs is 4. The number of cyclic esters (lactones) is 1. The molecule has 210 valence electrons. The van der Waals surface area contributed by atoms with Gasteiger partial charge >= 0.3 is 5.97 Å². The number of benzene rings is 1. The molecular weight excluding hydrogens is 492 g/mol. The van der Waals surface area contributed by atoms with Crippen molar-refractivity contribution in [1.82, 2.24) is 20.7 Å². The molecule has 2 aliphatic rings. The summed E-state index contributed by atoms with van der Waals surface area (Å²) in [5, 5.41) is 5.39. The van der Waals surface area contributed by atoms with Crippen LogP contribution in [0.1, 0.15) is 84.6 Å². The fourth-order valence-electron chi connectivity index (χ4n) is 5.23. The summed E-state index contributed by atoms with van der Waals surface area (Å²) in [4.78, 5) is 44.3. The largest absolute Gasteiger partial charge is 0.455 e. The van der Waals surface area contributed by atoms with Gasteiger partial charge in [-0.25, -0.2) is 10.4 Å². The van der Waals surface area contributed by atoms with Crippen LogP contribution in [0.2, 0.25) is 0 Å². The van der Waals surface area contributed by atoms with E-state index in [2.05, 4.69) is 42.8 Å². The molecule has 3 heterocycles. The minimum absolute atomic E-state index is 0.117. The van der Waals surface area contributed by atoms with Gasteiger partial charge in [-0.1, -0.05) is 58.0 Å². The van der Waals surface area contributed by atoms with E-state index in [9.17, 15) is 14.4 Å². The number of nitrogens with one attached hydrogen (secondary N) is 2. The third kappa shape index (κ3) is 7.04. The maximum absolute atomic E-state index is 13.3. The van der Waals surface area contributed by atoms with E-state index in [4.69, 9.17) is 9.72 Å². The number of carbonyl (C=O) groups is 3. The van der Waals surface area contributed by atoms with Crippen molar-refractivity contribution in [2.45, 2.75) is 85.4 Å². The average molecular weight is 535 g/mol. The van der Waals surface area contributed by atoms with Crippen molar-refractivity contribution in [3.05, 3.63) is 47.7 Å². The van der Waals surface area contributed by atoms with Crippen molar-refractivity contribution < 1.29 is 19.1 Å². The summed E-state index contributed by atoms with van der Waals surface area (Å²) in [6, 6.07) is 8.66. The second-order valence-electron chi connectivity index (χ2n) is 12.0. The summed E-state index contributed by atoms with van der Waals surface area (Å²) >= 11 is 0. The highest BCUT2D eigenvalue weighted by molar-refractivity contribution is 5.88. The Morgan fingerprint density at radius 2 is 1.82 bits per heavy atom. The number of rotatable bonds is 1. The lowest BCUT2D eigenvalue weighted by Crippen LogP contribution is -2.59. The summed E-state index contributed by atoms with van der Waals surface area (Å²) in [7, 11) is 0. The summed E-state index contributed by atoms with van der Waals surface area (Å²) in [5.74, 6) is -0.901. The van der Waals surface area contributed by atoms with Crippen LogP contribution in [0.25, 0.3) is 17.0 Å². The molecule has 4 atom stereocenters. The van der Waals surface area contributed by atoms with Gasteiger partial charge in [0.15, 0.2) is 0 Å². The van der Waals surface area contributed by atoms with E-state index in [0.29, 0.717) is 31.5 Å². The number of pyridine rings is 1. The fourth-order valence-corrected chi connectivity index (χ4v) is 5.23. The van der Waals surface area contributed by atoms with E-state index in [1.54, 1.807) is 6.92 Å². The number of hydrazine groups is 1. The third-order valence-corrected chi connectivity index (χ3v) is 7.88. The van der Waals surface area contributed by atoms with Crippen molar-refractivity contribution in [1.29, 1.82) is 0 Å². The van der Waals surface area contributed by atoms with Gasteiger partial charge in [0, 0.05) is 17.8 Å². The van der Waals surface area contributed by atoms with Crippen molar-refractivity contribution in [2.24, 2.45) is 17.3 Å². The van der Waals surface area contributed by atoms with Gasteiger partial charge in [-0.3, -0.25) is 19.4 Å². The van der Waals surface area contributed by atoms with Crippen LogP contribution in [0.3, 0.4) is 0 Å². The molecule has 0 radical (unpaired) electrons. The predicted molar refractivity (Wildman–Crippen MR) is 152 cm³/mol. The molecule has 1 saturated heterocycles. The van der Waals surface area contributed by atoms with Crippen LogP contribution >= 0.6 is 0 Å². The summed E-state index contributed by atoms with van der Waals surface area (Å²) in [5.41, 5.74) is 5.44. The summed E-state index contributed by atoms with van der Waals surface area (Å²) in [6.07, 6.45) is 6.48. The van der Waals surface area contributed by atoms with Gasteiger partial charge in [0.1, 0.15) is 18.2 Å². The Hall–Kier alpha value is -3.26. The molecule has 2 N–H and O–H groups in total. The van der Waals surface area contributed by atoms with Gasteiger partial charge < -0.3 is 10.1 Å². The normalized spacial score (nSPS) is 27.8. The quantitative estimate of drug-likeness (QED) is 0.503. The first kappa shape index (κ1) is 28.7. The number of amides is 2. The first-order valence-electron chi connectivity index (χ1n) is 14.1. The minimum atomic E-state index is -0.718. The van der Waals surface area contributed by atoms with Crippen LogP contribution in [-0.4, -0.2) is 46.4 Å². The maximum Gasteiger partial charge on any atom is 0.325 e. The molecule has 1 aromatic carbocycles. The van der Waals surface area contributed by atoms with Gasteiger partial charge in [0.05, 0.1) is 11.2 Å². The van der Waals surface area contributed by atoms with Gasteiger partial charge in [0.2, 0.25) is 5.91 Å². The van der Waals surface area contributed by atoms with Crippen molar-refractivity contribution in [3.63, 3.8) is 0 Å². The molecule has 0 spiro atoms. The number of aromatic nitrogens is 1. The first-order valence-corrected chi connectivity index (χ1v) is 14.1. The van der Waals surface area contributed by atoms with Crippen LogP contribution in [0.4, 0.5) is 0 Å². The molecule has 1 aromatic heterocycles. The van der Waals surface area contributed by atoms with Gasteiger partial charge in [-0.2, -0.15) is 0 Å². The molecule has 2 aliphatic heterocycles. The minimum Gasteiger partial charge on any atom is -0.455 e. The van der Waals surface area contributed by atoms with E-state index >= 15 is 0 Å². The van der Waals surface area contributed by atoms with E-state index in [1.807, 2.05) is 45.0 Å². The number of esters is 1. The van der Waals surface area contributed by atoms with E-state index < -0.39 is 24.2 Å². The molecule has 2 aromatic rings. The number of hydrogen-bond acceptors (Lipinski definition) is 6. The lowest BCUT2D eigenvalue weighted by molar-refractivity contribution is -0.157. The lowest BCUT2D eigenvalue weighted by atomic mass is 9.80. The second kappa shape index (κ2) is 11.9. The van der Waals surface area contributed by atoms with E-state index in [0.717, 1.165) is 22.9 Å². The molecule has 2 amide bonds. The number of hydrogen-bond donors (Lipinski definition) is 2. The highest BCUT2D eigenvalue weighted by atomic mass is 16.5. The Balaban J connectivity index is 1.67. The van der Waals surface area contributed by atoms with Crippen LogP contribution in [0.15, 0.2) is 36.4 Å². The first-order chi connectivity index (χ1) is 18.4. The Morgan fingerprint density at radius 1 is 1.08 bits per heavy atom. The Bertz CT molecular complexity index is 1250. The molecule has 0 saturated carbocycles. The fraction of sp³-hybridized carbons (Fsp3) is 0.548. The van der Waals surface area contributed by atoms with Crippen LogP contribution < -0.4 is 10.7 Å². The van der Waals surface area contributed by atoms with Gasteiger partial charge in [-0.15, -0.1) is 0 Å². The zero-order valence-electron chi connectivity index (χ0n) is 24.0. The zero-order valence-corrected chi connectivity index (χ0v) is 24.0. The molecule has 1 fully saturated rings. The van der Waals surface area contributed by atoms with Crippen molar-refractivity contribution in [3.8, 4) is 0 Å². The second-order valence-corrected chi connectivity index (χ2v) is 12.0. The van der Waals surface area contributed by atoms with Crippen molar-refractivity contribution >= 4 is 34.8 Å². The number of allylic oxidation sites excluding steroid dienone is 1. The SMILES string of the molecule is CC(C)[C@@H]1CCC(C)(C)/C=C/c2ccc3ccc(nc3c2)[C@@H](C)OC(=O)[C@@H]2CCCN(N2)C(=O)[C@H](C)NC1=O. The van der Waals surface area contributed by atoms with Crippen LogP contribution in [0, 0.1) is 17.3 Å². The molecule has 4 rings (SSSR count). The molecule has 39 heavy (non-hydrogen) atoms. The monoisotopic (exact) mass is 534 g/mol. The zero-order chi connectivity index (χ0) is 28.3. The molecule has 8 heteroatoms. The Morgan fingerprint density at radius 3 is 2.56 bits per heavy atom. The smallest absolute Gasteiger partial charge is 0.325 e. The predicted octanol–water partition coefficient (Wildman–Crippen LogP) is 4.94. The van der Waals surface area contributed by atoms with Crippen molar-refractivity contribution in [2.75, 3.05) is 6.54 Å². The summed E-state index contributed by atoms with van der Waals surface area (Å²) < 4.78 is 5.78. The molecule has 8 nitrogen and oxygen atoms in total. The standard InChI is InChI=1S/C31H42N4O4/c1-19(2)24-14-16-31(5,6)15-13-22-9-10-23-11-12-25(33-27(23)18-22)21(4)39-30(38)26-8-7-17-35(34-26)29(37)20(3)32-28(24)36/h9-13,15,18-21,24,26,34H,7-8,14,16-17H2,1-6H3,(H,32,36)/b15-13+/t20-,21+,24-,26-/m0/s1. The topological polar surface area (TPSA) is 101 Å². The molecular formula is C31H42N4O4. The maximum atomic E-state index is 13.3. The number of ether oxygens (including phenoxy) is 1. The molecule has 0 unspecified atom stereocenters. The Labute approximate surface area is 231 Å². The summed E-state index contributed by atoms with van der Waals surface area (Å²) in [6.45, 7) is 12.4. The average Bonchev–Trinajstić information content (AvgIpc) is 2.90. The highest BCUT2D eigenvalue weighted by Gasteiger charge is 2.34.